The Balaban J connectivity index is 2.06. The van der Waals surface area contributed by atoms with Crippen LogP contribution < -0.4 is 5.32 Å². The van der Waals surface area contributed by atoms with Crippen LogP contribution in [0.1, 0.15) is 22.7 Å². The molecule has 6 heteroatoms. The minimum atomic E-state index is -1.02. The second-order valence-corrected chi connectivity index (χ2v) is 5.28. The van der Waals surface area contributed by atoms with Crippen LogP contribution >= 0.6 is 11.6 Å². The van der Waals surface area contributed by atoms with Gasteiger partial charge in [-0.2, -0.15) is 0 Å². The van der Waals surface area contributed by atoms with Gasteiger partial charge in [0.05, 0.1) is 5.52 Å². The highest BCUT2D eigenvalue weighted by Crippen LogP contribution is 2.21. The Morgan fingerprint density at radius 2 is 2.47 bits per heavy atom. The third-order valence-electron chi connectivity index (χ3n) is 3.51. The van der Waals surface area contributed by atoms with Crippen molar-refractivity contribution >= 4 is 23.1 Å². The molecule has 0 amide bonds. The van der Waals surface area contributed by atoms with E-state index in [0.717, 1.165) is 31.8 Å². The average Bonchev–Trinajstić information content (AvgIpc) is 2.97. The van der Waals surface area contributed by atoms with Crippen LogP contribution in [0.3, 0.4) is 0 Å². The van der Waals surface area contributed by atoms with Crippen molar-refractivity contribution in [1.29, 1.82) is 0 Å². The van der Waals surface area contributed by atoms with Crippen molar-refractivity contribution in [3.05, 3.63) is 34.9 Å². The molecule has 0 aromatic carbocycles. The summed E-state index contributed by atoms with van der Waals surface area (Å²) in [6.45, 7) is 1.98. The molecule has 1 fully saturated rings. The topological polar surface area (TPSA) is 66.6 Å². The molecule has 1 unspecified atom stereocenters. The molecular weight excluding hydrogens is 266 g/mol. The molecule has 0 bridgehead atoms. The van der Waals surface area contributed by atoms with Gasteiger partial charge < -0.3 is 14.8 Å². The molecule has 3 heterocycles. The van der Waals surface area contributed by atoms with Crippen LogP contribution in [-0.4, -0.2) is 33.6 Å². The van der Waals surface area contributed by atoms with Crippen molar-refractivity contribution in [3.8, 4) is 0 Å². The first-order chi connectivity index (χ1) is 9.15. The maximum absolute atomic E-state index is 11.2. The van der Waals surface area contributed by atoms with Gasteiger partial charge in [0.25, 0.3) is 0 Å². The average molecular weight is 280 g/mol. The zero-order valence-corrected chi connectivity index (χ0v) is 11.0. The third-order valence-corrected chi connectivity index (χ3v) is 3.75. The number of aromatic nitrogens is 2. The van der Waals surface area contributed by atoms with E-state index in [1.165, 1.54) is 0 Å². The molecule has 100 valence electrons. The molecule has 2 N–H and O–H groups in total. The molecule has 2 aromatic heterocycles. The summed E-state index contributed by atoms with van der Waals surface area (Å²) in [6.07, 6.45) is 3.67. The molecule has 1 saturated heterocycles. The number of carboxylic acids is 1. The lowest BCUT2D eigenvalue weighted by atomic mass is 10.1. The number of imidazole rings is 1. The van der Waals surface area contributed by atoms with Crippen molar-refractivity contribution in [3.63, 3.8) is 0 Å². The molecule has 1 aliphatic heterocycles. The number of nitrogens with zero attached hydrogens (tertiary/aromatic N) is 2. The van der Waals surface area contributed by atoms with Gasteiger partial charge in [-0.25, -0.2) is 9.78 Å². The van der Waals surface area contributed by atoms with Crippen LogP contribution in [0.25, 0.3) is 5.52 Å². The van der Waals surface area contributed by atoms with Crippen molar-refractivity contribution in [2.45, 2.75) is 12.8 Å². The fourth-order valence-corrected chi connectivity index (χ4v) is 2.73. The van der Waals surface area contributed by atoms with E-state index < -0.39 is 5.97 Å². The maximum atomic E-state index is 11.2. The molecule has 0 radical (unpaired) electrons. The van der Waals surface area contributed by atoms with E-state index in [-0.39, 0.29) is 5.69 Å². The van der Waals surface area contributed by atoms with Crippen LogP contribution in [-0.2, 0) is 6.42 Å². The minimum Gasteiger partial charge on any atom is -0.476 e. The number of carbonyl (C=O) groups is 1. The van der Waals surface area contributed by atoms with Crippen LogP contribution in [0.15, 0.2) is 18.3 Å². The lowest BCUT2D eigenvalue weighted by Gasteiger charge is -2.06. The zero-order valence-electron chi connectivity index (χ0n) is 10.3. The molecule has 1 aliphatic rings. The van der Waals surface area contributed by atoms with Crippen molar-refractivity contribution in [1.82, 2.24) is 14.7 Å². The molecule has 0 spiro atoms. The standard InChI is InChI=1S/C13H14ClN3O2/c14-9-2-4-17-10(6-9)12(13(18)19)16-11(17)5-8-1-3-15-7-8/h2,4,6,8,15H,1,3,5,7H2,(H,18,19). The molecule has 0 saturated carbocycles. The number of hydrogen-bond donors (Lipinski definition) is 2. The van der Waals surface area contributed by atoms with Gasteiger partial charge in [0, 0.05) is 17.6 Å². The van der Waals surface area contributed by atoms with Gasteiger partial charge in [-0.3, -0.25) is 0 Å². The molecule has 3 rings (SSSR count). The smallest absolute Gasteiger partial charge is 0.356 e. The van der Waals surface area contributed by atoms with Crippen LogP contribution in [0.4, 0.5) is 0 Å². The molecule has 5 nitrogen and oxygen atoms in total. The van der Waals surface area contributed by atoms with Crippen molar-refractivity contribution < 1.29 is 9.90 Å². The van der Waals surface area contributed by atoms with Gasteiger partial charge in [-0.1, -0.05) is 11.6 Å². The second-order valence-electron chi connectivity index (χ2n) is 4.84. The summed E-state index contributed by atoms with van der Waals surface area (Å²) in [6, 6.07) is 3.40. The second kappa shape index (κ2) is 4.83. The highest BCUT2D eigenvalue weighted by Gasteiger charge is 2.21. The molecular formula is C13H14ClN3O2. The highest BCUT2D eigenvalue weighted by molar-refractivity contribution is 6.31. The Morgan fingerprint density at radius 1 is 1.63 bits per heavy atom. The SMILES string of the molecule is O=C(O)c1nc(CC2CCNC2)n2ccc(Cl)cc12. The Morgan fingerprint density at radius 3 is 3.16 bits per heavy atom. The molecule has 1 atom stereocenters. The van der Waals surface area contributed by atoms with Crippen LogP contribution in [0.2, 0.25) is 5.02 Å². The Labute approximate surface area is 115 Å². The zero-order chi connectivity index (χ0) is 13.4. The van der Waals surface area contributed by atoms with E-state index in [0.29, 0.717) is 16.5 Å². The molecule has 0 aliphatic carbocycles. The van der Waals surface area contributed by atoms with Crippen LogP contribution in [0.5, 0.6) is 0 Å². The monoisotopic (exact) mass is 279 g/mol. The largest absolute Gasteiger partial charge is 0.476 e. The molecule has 2 aromatic rings. The Hall–Kier alpha value is -1.59. The summed E-state index contributed by atoms with van der Waals surface area (Å²) in [5.41, 5.74) is 0.629. The predicted octanol–water partition coefficient (Wildman–Crippen LogP) is 1.84. The summed E-state index contributed by atoms with van der Waals surface area (Å²) in [4.78, 5) is 15.5. The number of halogens is 1. The highest BCUT2D eigenvalue weighted by atomic mass is 35.5. The number of carboxylic acid groups (broad SMARTS) is 1. The lowest BCUT2D eigenvalue weighted by Crippen LogP contribution is -2.12. The lowest BCUT2D eigenvalue weighted by molar-refractivity contribution is 0.0693. The summed E-state index contributed by atoms with van der Waals surface area (Å²) in [5, 5.41) is 13.0. The van der Waals surface area contributed by atoms with E-state index in [4.69, 9.17) is 11.6 Å². The van der Waals surface area contributed by atoms with Crippen LogP contribution in [0, 0.1) is 5.92 Å². The maximum Gasteiger partial charge on any atom is 0.356 e. The van der Waals surface area contributed by atoms with E-state index >= 15 is 0 Å². The number of rotatable bonds is 3. The summed E-state index contributed by atoms with van der Waals surface area (Å²) >= 11 is 5.93. The number of nitrogens with one attached hydrogen (secondary N) is 1. The van der Waals surface area contributed by atoms with Gasteiger partial charge in [0.15, 0.2) is 5.69 Å². The molecule has 19 heavy (non-hydrogen) atoms. The predicted molar refractivity (Wildman–Crippen MR) is 71.8 cm³/mol. The number of aromatic carboxylic acids is 1. The fourth-order valence-electron chi connectivity index (χ4n) is 2.57. The first-order valence-electron chi connectivity index (χ1n) is 6.25. The third kappa shape index (κ3) is 2.31. The Kier molecular flexibility index (Phi) is 3.16. The van der Waals surface area contributed by atoms with Gasteiger partial charge in [0.2, 0.25) is 0 Å². The summed E-state index contributed by atoms with van der Waals surface area (Å²) < 4.78 is 1.83. The Bertz CT molecular complexity index is 632. The minimum absolute atomic E-state index is 0.0726. The van der Waals surface area contributed by atoms with Crippen molar-refractivity contribution in [2.24, 2.45) is 5.92 Å². The van der Waals surface area contributed by atoms with Crippen molar-refractivity contribution in [2.75, 3.05) is 13.1 Å². The van der Waals surface area contributed by atoms with Gasteiger partial charge in [-0.15, -0.1) is 0 Å². The van der Waals surface area contributed by atoms with E-state index in [1.54, 1.807) is 18.3 Å². The number of hydrogen-bond acceptors (Lipinski definition) is 3. The fraction of sp³-hybridized carbons (Fsp3) is 0.385. The first-order valence-corrected chi connectivity index (χ1v) is 6.63. The first kappa shape index (κ1) is 12.4. The van der Waals surface area contributed by atoms with Gasteiger partial charge in [0.1, 0.15) is 5.82 Å². The van der Waals surface area contributed by atoms with E-state index in [9.17, 15) is 9.90 Å². The van der Waals surface area contributed by atoms with Gasteiger partial charge >= 0.3 is 5.97 Å². The normalized spacial score (nSPS) is 19.1. The number of pyridine rings is 1. The van der Waals surface area contributed by atoms with Gasteiger partial charge in [-0.05, 0) is 37.6 Å². The summed E-state index contributed by atoms with van der Waals surface area (Å²) in [5.74, 6) is 0.288. The number of fused-ring (bicyclic) bond motifs is 1. The summed E-state index contributed by atoms with van der Waals surface area (Å²) in [7, 11) is 0. The van der Waals surface area contributed by atoms with E-state index in [1.807, 2.05) is 4.40 Å². The van der Waals surface area contributed by atoms with E-state index in [2.05, 4.69) is 10.3 Å². The quantitative estimate of drug-likeness (QED) is 0.900.